The first kappa shape index (κ1) is 29.9. The molecule has 13 nitrogen and oxygen atoms in total. The summed E-state index contributed by atoms with van der Waals surface area (Å²) < 4.78 is 10.8. The van der Waals surface area contributed by atoms with Crippen LogP contribution in [0.25, 0.3) is 11.1 Å². The predicted octanol–water partition coefficient (Wildman–Crippen LogP) is 3.15. The summed E-state index contributed by atoms with van der Waals surface area (Å²) in [4.78, 5) is 58.9. The number of aryl methyl sites for hydroxylation is 2. The fourth-order valence-corrected chi connectivity index (χ4v) is 6.25. The third-order valence-electron chi connectivity index (χ3n) is 8.48. The first-order valence-corrected chi connectivity index (χ1v) is 15.0. The van der Waals surface area contributed by atoms with E-state index in [9.17, 15) is 19.2 Å². The van der Waals surface area contributed by atoms with E-state index in [-0.39, 0.29) is 24.0 Å². The number of hydrogen-bond donors (Lipinski definition) is 1. The Hall–Kier alpha value is -5.20. The van der Waals surface area contributed by atoms with E-state index in [2.05, 4.69) is 26.9 Å². The summed E-state index contributed by atoms with van der Waals surface area (Å²) in [6.45, 7) is 9.46. The van der Waals surface area contributed by atoms with Crippen LogP contribution in [0.15, 0.2) is 41.5 Å². The molecule has 0 fully saturated rings. The molecule has 45 heavy (non-hydrogen) atoms. The fraction of sp³-hybridized carbons (Fsp3) is 0.375. The number of carbonyl (C=O) groups is 3. The highest BCUT2D eigenvalue weighted by Gasteiger charge is 2.31. The van der Waals surface area contributed by atoms with Crippen LogP contribution >= 0.6 is 0 Å². The summed E-state index contributed by atoms with van der Waals surface area (Å²) in [6.07, 6.45) is 4.15. The normalized spacial score (nSPS) is 14.3. The van der Waals surface area contributed by atoms with Crippen LogP contribution in [0.4, 0.5) is 17.3 Å². The van der Waals surface area contributed by atoms with Crippen molar-refractivity contribution < 1.29 is 19.1 Å². The minimum absolute atomic E-state index is 0.000781. The van der Waals surface area contributed by atoms with Gasteiger partial charge < -0.3 is 24.1 Å². The summed E-state index contributed by atoms with van der Waals surface area (Å²) in [5, 5.41) is 7.77. The molecule has 234 valence electrons. The highest BCUT2D eigenvalue weighted by Crippen LogP contribution is 2.34. The zero-order valence-corrected chi connectivity index (χ0v) is 26.1. The number of hydrogen-bond acceptors (Lipinski definition) is 8. The van der Waals surface area contributed by atoms with Crippen molar-refractivity contribution in [2.75, 3.05) is 23.3 Å². The number of amides is 2. The van der Waals surface area contributed by atoms with Gasteiger partial charge in [-0.2, -0.15) is 5.10 Å². The van der Waals surface area contributed by atoms with E-state index in [0.29, 0.717) is 72.4 Å². The molecule has 0 aliphatic carbocycles. The Labute approximate surface area is 260 Å². The Bertz CT molecular complexity index is 1900. The van der Waals surface area contributed by atoms with E-state index in [1.54, 1.807) is 48.3 Å². The lowest BCUT2D eigenvalue weighted by Gasteiger charge is -2.30. The smallest absolute Gasteiger partial charge is 0.302 e. The fourth-order valence-electron chi connectivity index (χ4n) is 6.25. The first-order chi connectivity index (χ1) is 21.5. The van der Waals surface area contributed by atoms with Gasteiger partial charge in [0.05, 0.1) is 18.8 Å². The SMILES string of the molecule is CCc1c(C)cc2n1CCN(c1nccc(-c3cc(Nc4cc5n(n4)CCN(C(C)=O)C5)c(=O)n(C)c3)c1COC(C)=O)C2=O. The number of fused-ring (bicyclic) bond motifs is 2. The number of anilines is 3. The Morgan fingerprint density at radius 3 is 2.60 bits per heavy atom. The van der Waals surface area contributed by atoms with Gasteiger partial charge in [-0.1, -0.05) is 6.92 Å². The molecule has 0 radical (unpaired) electrons. The third kappa shape index (κ3) is 5.49. The molecule has 0 aromatic carbocycles. The van der Waals surface area contributed by atoms with E-state index in [4.69, 9.17) is 4.74 Å². The highest BCUT2D eigenvalue weighted by atomic mass is 16.5. The molecule has 0 bridgehead atoms. The van der Waals surface area contributed by atoms with Crippen LogP contribution in [0.2, 0.25) is 0 Å². The summed E-state index contributed by atoms with van der Waals surface area (Å²) in [6, 6.07) is 7.26. The average Bonchev–Trinajstić information content (AvgIpc) is 3.57. The van der Waals surface area contributed by atoms with E-state index in [1.807, 2.05) is 23.7 Å². The average molecular weight is 613 g/mol. The molecule has 0 spiro atoms. The van der Waals surface area contributed by atoms with Crippen LogP contribution in [0.1, 0.15) is 53.8 Å². The second-order valence-corrected chi connectivity index (χ2v) is 11.4. The minimum Gasteiger partial charge on any atom is -0.461 e. The Kier molecular flexibility index (Phi) is 7.77. The van der Waals surface area contributed by atoms with Crippen molar-refractivity contribution in [2.24, 2.45) is 7.05 Å². The van der Waals surface area contributed by atoms with Crippen molar-refractivity contribution in [2.45, 2.75) is 60.4 Å². The Morgan fingerprint density at radius 2 is 1.87 bits per heavy atom. The molecule has 4 aromatic heterocycles. The van der Waals surface area contributed by atoms with Gasteiger partial charge in [-0.3, -0.25) is 28.8 Å². The number of ether oxygens (including phenoxy) is 1. The second kappa shape index (κ2) is 11.7. The lowest BCUT2D eigenvalue weighted by atomic mass is 10.0. The zero-order valence-electron chi connectivity index (χ0n) is 26.1. The molecule has 0 saturated carbocycles. The lowest BCUT2D eigenvalue weighted by molar-refractivity contribution is -0.142. The summed E-state index contributed by atoms with van der Waals surface area (Å²) in [5.74, 6) is 0.257. The first-order valence-electron chi connectivity index (χ1n) is 15.0. The molecule has 0 atom stereocenters. The molecule has 2 aliphatic rings. The number of rotatable bonds is 7. The van der Waals surface area contributed by atoms with Gasteiger partial charge in [0.15, 0.2) is 5.82 Å². The molecule has 0 saturated heterocycles. The molecule has 2 amide bonds. The van der Waals surface area contributed by atoms with Gasteiger partial charge in [0, 0.05) is 75.8 Å². The van der Waals surface area contributed by atoms with Gasteiger partial charge in [0.25, 0.3) is 11.5 Å². The van der Waals surface area contributed by atoms with Crippen LogP contribution < -0.4 is 15.8 Å². The second-order valence-electron chi connectivity index (χ2n) is 11.4. The van der Waals surface area contributed by atoms with Crippen molar-refractivity contribution in [1.29, 1.82) is 0 Å². The molecular formula is C32H36N8O5. The maximum absolute atomic E-state index is 13.8. The number of carbonyl (C=O) groups excluding carboxylic acids is 3. The van der Waals surface area contributed by atoms with Gasteiger partial charge in [0.1, 0.15) is 23.8 Å². The van der Waals surface area contributed by atoms with Crippen LogP contribution in [-0.2, 0) is 54.0 Å². The molecule has 13 heteroatoms. The van der Waals surface area contributed by atoms with Crippen molar-refractivity contribution >= 4 is 35.1 Å². The Balaban J connectivity index is 1.38. The molecule has 6 rings (SSSR count). The summed E-state index contributed by atoms with van der Waals surface area (Å²) >= 11 is 0. The van der Waals surface area contributed by atoms with Crippen LogP contribution in [0, 0.1) is 6.92 Å². The zero-order chi connectivity index (χ0) is 32.0. The monoisotopic (exact) mass is 612 g/mol. The van der Waals surface area contributed by atoms with E-state index in [0.717, 1.165) is 23.4 Å². The maximum atomic E-state index is 13.8. The van der Waals surface area contributed by atoms with E-state index in [1.165, 1.54) is 11.5 Å². The molecule has 2 aliphatic heterocycles. The van der Waals surface area contributed by atoms with Gasteiger partial charge in [-0.05, 0) is 42.7 Å². The van der Waals surface area contributed by atoms with Gasteiger partial charge in [-0.15, -0.1) is 0 Å². The molecule has 4 aromatic rings. The standard InChI is InChI=1S/C32H36N8O5/c1-6-27-19(2)13-28-32(44)39(11-10-38(27)28)30-25(18-45-21(4)42)24(7-8-33-30)22-14-26(31(43)36(5)16-22)34-29-15-23-17-37(20(3)41)9-12-40(23)35-29/h7-8,13-16H,6,9-12,17-18H2,1-5H3,(H,34,35). The van der Waals surface area contributed by atoms with Gasteiger partial charge in [0.2, 0.25) is 5.91 Å². The van der Waals surface area contributed by atoms with Crippen molar-refractivity contribution in [1.82, 2.24) is 28.8 Å². The molecular weight excluding hydrogens is 576 g/mol. The number of nitrogens with zero attached hydrogens (tertiary/aromatic N) is 7. The lowest BCUT2D eigenvalue weighted by Crippen LogP contribution is -2.41. The number of aromatic nitrogens is 5. The largest absolute Gasteiger partial charge is 0.461 e. The van der Waals surface area contributed by atoms with Gasteiger partial charge in [-0.25, -0.2) is 4.98 Å². The number of pyridine rings is 2. The van der Waals surface area contributed by atoms with Crippen molar-refractivity contribution in [3.05, 3.63) is 75.2 Å². The minimum atomic E-state index is -0.465. The Morgan fingerprint density at radius 1 is 1.07 bits per heavy atom. The summed E-state index contributed by atoms with van der Waals surface area (Å²) in [5.41, 5.74) is 5.59. The van der Waals surface area contributed by atoms with E-state index < -0.39 is 5.97 Å². The molecule has 1 N–H and O–H groups in total. The number of nitrogens with one attached hydrogen (secondary N) is 1. The molecule has 0 unspecified atom stereocenters. The molecule has 6 heterocycles. The number of esters is 1. The van der Waals surface area contributed by atoms with Crippen LogP contribution in [-0.4, -0.2) is 59.7 Å². The topological polar surface area (TPSA) is 137 Å². The summed E-state index contributed by atoms with van der Waals surface area (Å²) in [7, 11) is 1.66. The van der Waals surface area contributed by atoms with Crippen molar-refractivity contribution in [3.63, 3.8) is 0 Å². The van der Waals surface area contributed by atoms with Crippen molar-refractivity contribution in [3.8, 4) is 11.1 Å². The maximum Gasteiger partial charge on any atom is 0.302 e. The van der Waals surface area contributed by atoms with E-state index >= 15 is 0 Å². The van der Waals surface area contributed by atoms with Crippen LogP contribution in [0.3, 0.4) is 0 Å². The quantitative estimate of drug-likeness (QED) is 0.315. The predicted molar refractivity (Wildman–Crippen MR) is 167 cm³/mol. The van der Waals surface area contributed by atoms with Crippen LogP contribution in [0.5, 0.6) is 0 Å². The third-order valence-corrected chi connectivity index (χ3v) is 8.48. The highest BCUT2D eigenvalue weighted by molar-refractivity contribution is 6.06. The van der Waals surface area contributed by atoms with Gasteiger partial charge >= 0.3 is 5.97 Å².